The molecular formula is C9H6BrFN2O2. The second kappa shape index (κ2) is 3.62. The van der Waals surface area contributed by atoms with Gasteiger partial charge in [0, 0.05) is 6.07 Å². The lowest BCUT2D eigenvalue weighted by Gasteiger charge is -2.05. The minimum atomic E-state index is -0.516. The fourth-order valence-corrected chi connectivity index (χ4v) is 1.73. The fraction of sp³-hybridized carbons (Fsp3) is 0.111. The fourth-order valence-electron chi connectivity index (χ4n) is 1.32. The van der Waals surface area contributed by atoms with E-state index in [0.29, 0.717) is 0 Å². The van der Waals surface area contributed by atoms with Gasteiger partial charge in [0.25, 0.3) is 5.56 Å². The number of halogens is 2. The first-order valence-electron chi connectivity index (χ1n) is 4.04. The van der Waals surface area contributed by atoms with Crippen LogP contribution in [0.5, 0.6) is 5.75 Å². The maximum atomic E-state index is 13.3. The number of nitrogens with zero attached hydrogens (tertiary/aromatic N) is 1. The quantitative estimate of drug-likeness (QED) is 0.862. The molecule has 0 spiro atoms. The van der Waals surface area contributed by atoms with Crippen LogP contribution in [0.2, 0.25) is 0 Å². The van der Waals surface area contributed by atoms with Crippen molar-refractivity contribution in [1.82, 2.24) is 9.97 Å². The van der Waals surface area contributed by atoms with Crippen LogP contribution in [0.1, 0.15) is 0 Å². The zero-order valence-electron chi connectivity index (χ0n) is 7.67. The molecule has 0 bridgehead atoms. The molecule has 1 aromatic heterocycles. The van der Waals surface area contributed by atoms with Gasteiger partial charge in [0.1, 0.15) is 17.0 Å². The van der Waals surface area contributed by atoms with E-state index in [2.05, 4.69) is 25.9 Å². The molecule has 0 aliphatic heterocycles. The van der Waals surface area contributed by atoms with E-state index < -0.39 is 5.82 Å². The highest BCUT2D eigenvalue weighted by atomic mass is 79.9. The summed E-state index contributed by atoms with van der Waals surface area (Å²) in [6.45, 7) is 0. The summed E-state index contributed by atoms with van der Waals surface area (Å²) >= 11 is 3.03. The maximum absolute atomic E-state index is 13.3. The van der Waals surface area contributed by atoms with Crippen molar-refractivity contribution in [2.24, 2.45) is 0 Å². The van der Waals surface area contributed by atoms with E-state index in [1.807, 2.05) is 0 Å². The second-order valence-electron chi connectivity index (χ2n) is 2.83. The number of rotatable bonds is 1. The molecule has 0 radical (unpaired) electrons. The van der Waals surface area contributed by atoms with E-state index in [1.165, 1.54) is 13.4 Å². The first-order chi connectivity index (χ1) is 7.15. The minimum absolute atomic E-state index is 0.157. The molecule has 0 fully saturated rings. The van der Waals surface area contributed by atoms with Crippen molar-refractivity contribution in [3.05, 3.63) is 33.0 Å². The largest absolute Gasteiger partial charge is 0.496 e. The highest BCUT2D eigenvalue weighted by Gasteiger charge is 2.14. The Morgan fingerprint density at radius 3 is 3.00 bits per heavy atom. The van der Waals surface area contributed by atoms with E-state index in [-0.39, 0.29) is 26.7 Å². The lowest BCUT2D eigenvalue weighted by atomic mass is 10.2. The zero-order chi connectivity index (χ0) is 11.0. The maximum Gasteiger partial charge on any atom is 0.262 e. The molecule has 0 unspecified atom stereocenters. The molecule has 15 heavy (non-hydrogen) atoms. The monoisotopic (exact) mass is 272 g/mol. The Bertz CT molecular complexity index is 582. The summed E-state index contributed by atoms with van der Waals surface area (Å²) in [5.74, 6) is -0.350. The third-order valence-corrected chi connectivity index (χ3v) is 2.75. The number of nitrogens with one attached hydrogen (secondary N) is 1. The Morgan fingerprint density at radius 2 is 2.33 bits per heavy atom. The number of H-pyrrole nitrogens is 1. The van der Waals surface area contributed by atoms with Gasteiger partial charge in [0.2, 0.25) is 0 Å². The van der Waals surface area contributed by atoms with Crippen molar-refractivity contribution >= 4 is 26.8 Å². The molecule has 4 nitrogen and oxygen atoms in total. The number of aromatic nitrogens is 2. The van der Waals surface area contributed by atoms with Crippen molar-refractivity contribution in [2.45, 2.75) is 0 Å². The predicted molar refractivity (Wildman–Crippen MR) is 56.6 cm³/mol. The molecule has 0 aliphatic carbocycles. The molecule has 0 aliphatic rings. The number of ether oxygens (including phenoxy) is 1. The number of methoxy groups -OCH3 is 1. The summed E-state index contributed by atoms with van der Waals surface area (Å²) in [5, 5.41) is 0.230. The van der Waals surface area contributed by atoms with E-state index in [4.69, 9.17) is 4.74 Å². The number of fused-ring (bicyclic) bond motifs is 1. The Labute approximate surface area is 92.2 Å². The molecule has 1 heterocycles. The minimum Gasteiger partial charge on any atom is -0.496 e. The third-order valence-electron chi connectivity index (χ3n) is 1.99. The van der Waals surface area contributed by atoms with Crippen molar-refractivity contribution in [2.75, 3.05) is 7.11 Å². The summed E-state index contributed by atoms with van der Waals surface area (Å²) in [4.78, 5) is 17.8. The van der Waals surface area contributed by atoms with Crippen LogP contribution in [0.15, 0.2) is 21.7 Å². The molecule has 0 amide bonds. The summed E-state index contributed by atoms with van der Waals surface area (Å²) in [5.41, 5.74) is -0.117. The van der Waals surface area contributed by atoms with E-state index >= 15 is 0 Å². The van der Waals surface area contributed by atoms with Gasteiger partial charge in [-0.1, -0.05) is 0 Å². The highest BCUT2D eigenvalue weighted by Crippen LogP contribution is 2.30. The molecule has 1 N–H and O–H groups in total. The van der Waals surface area contributed by atoms with Crippen LogP contribution < -0.4 is 10.3 Å². The molecule has 2 aromatic rings. The smallest absolute Gasteiger partial charge is 0.262 e. The lowest BCUT2D eigenvalue weighted by Crippen LogP contribution is -2.08. The Morgan fingerprint density at radius 1 is 1.60 bits per heavy atom. The SMILES string of the molecule is COc1cc(F)c(Br)c2nc[nH]c(=O)c12. The van der Waals surface area contributed by atoms with Gasteiger partial charge >= 0.3 is 0 Å². The van der Waals surface area contributed by atoms with Crippen LogP contribution in [0.25, 0.3) is 10.9 Å². The van der Waals surface area contributed by atoms with Gasteiger partial charge in [0.05, 0.1) is 23.4 Å². The number of hydrogen-bond acceptors (Lipinski definition) is 3. The summed E-state index contributed by atoms with van der Waals surface area (Å²) in [6, 6.07) is 1.14. The molecule has 6 heteroatoms. The Balaban J connectivity index is 3.03. The third kappa shape index (κ3) is 1.50. The number of aromatic amines is 1. The van der Waals surface area contributed by atoms with Gasteiger partial charge in [-0.3, -0.25) is 4.79 Å². The second-order valence-corrected chi connectivity index (χ2v) is 3.62. The average Bonchev–Trinajstić information content (AvgIpc) is 2.23. The predicted octanol–water partition coefficient (Wildman–Crippen LogP) is 1.83. The van der Waals surface area contributed by atoms with E-state index in [1.54, 1.807) is 0 Å². The van der Waals surface area contributed by atoms with Crippen LogP contribution >= 0.6 is 15.9 Å². The van der Waals surface area contributed by atoms with Crippen LogP contribution in [-0.4, -0.2) is 17.1 Å². The normalized spacial score (nSPS) is 10.6. The van der Waals surface area contributed by atoms with Gasteiger partial charge < -0.3 is 9.72 Å². The topological polar surface area (TPSA) is 55.0 Å². The summed E-state index contributed by atoms with van der Waals surface area (Å²) in [6.07, 6.45) is 1.22. The van der Waals surface area contributed by atoms with Gasteiger partial charge in [-0.2, -0.15) is 0 Å². The standard InChI is InChI=1S/C9H6BrFN2O2/c1-15-5-2-4(11)7(10)8-6(5)9(14)13-3-12-8/h2-3H,1H3,(H,12,13,14). The molecule has 0 saturated carbocycles. The van der Waals surface area contributed by atoms with Gasteiger partial charge in [-0.05, 0) is 15.9 Å². The molecule has 78 valence electrons. The van der Waals surface area contributed by atoms with Crippen LogP contribution in [0, 0.1) is 5.82 Å². The molecule has 2 rings (SSSR count). The molecule has 1 aromatic carbocycles. The summed E-state index contributed by atoms with van der Waals surface area (Å²) in [7, 11) is 1.37. The Hall–Kier alpha value is -1.43. The van der Waals surface area contributed by atoms with E-state index in [9.17, 15) is 9.18 Å². The first kappa shape index (κ1) is 10.1. The first-order valence-corrected chi connectivity index (χ1v) is 4.84. The highest BCUT2D eigenvalue weighted by molar-refractivity contribution is 9.10. The molecule has 0 atom stereocenters. The van der Waals surface area contributed by atoms with Crippen LogP contribution in [0.3, 0.4) is 0 Å². The van der Waals surface area contributed by atoms with Gasteiger partial charge in [-0.15, -0.1) is 0 Å². The number of benzene rings is 1. The van der Waals surface area contributed by atoms with Crippen molar-refractivity contribution in [3.8, 4) is 5.75 Å². The number of hydrogen-bond donors (Lipinski definition) is 1. The zero-order valence-corrected chi connectivity index (χ0v) is 9.26. The van der Waals surface area contributed by atoms with E-state index in [0.717, 1.165) is 6.07 Å². The molecule has 0 saturated heterocycles. The van der Waals surface area contributed by atoms with Crippen molar-refractivity contribution in [1.29, 1.82) is 0 Å². The van der Waals surface area contributed by atoms with Crippen molar-refractivity contribution < 1.29 is 9.13 Å². The Kier molecular flexibility index (Phi) is 2.44. The van der Waals surface area contributed by atoms with Crippen LogP contribution in [0.4, 0.5) is 4.39 Å². The average molecular weight is 273 g/mol. The van der Waals surface area contributed by atoms with Gasteiger partial charge in [0.15, 0.2) is 0 Å². The van der Waals surface area contributed by atoms with Crippen molar-refractivity contribution in [3.63, 3.8) is 0 Å². The van der Waals surface area contributed by atoms with Crippen LogP contribution in [-0.2, 0) is 0 Å². The van der Waals surface area contributed by atoms with Gasteiger partial charge in [-0.25, -0.2) is 9.37 Å². The summed E-state index contributed by atoms with van der Waals surface area (Å²) < 4.78 is 18.4. The molecular weight excluding hydrogens is 267 g/mol. The lowest BCUT2D eigenvalue weighted by molar-refractivity contribution is 0.416.